The monoisotopic (exact) mass is 510 g/mol. The number of imide groups is 1. The van der Waals surface area contributed by atoms with Gasteiger partial charge in [0.25, 0.3) is 11.8 Å². The van der Waals surface area contributed by atoms with E-state index in [9.17, 15) is 19.2 Å². The number of aromatic nitrogens is 1. The summed E-state index contributed by atoms with van der Waals surface area (Å²) in [5.74, 6) is -0.126. The predicted molar refractivity (Wildman–Crippen MR) is 144 cm³/mol. The van der Waals surface area contributed by atoms with E-state index in [2.05, 4.69) is 22.2 Å². The number of hydrogen-bond acceptors (Lipinski definition) is 5. The Bertz CT molecular complexity index is 1480. The molecule has 38 heavy (non-hydrogen) atoms. The number of rotatable bonds is 6. The lowest BCUT2D eigenvalue weighted by Gasteiger charge is -2.22. The molecule has 0 unspecified atom stereocenters. The van der Waals surface area contributed by atoms with Crippen molar-refractivity contribution >= 4 is 41.1 Å². The van der Waals surface area contributed by atoms with Crippen LogP contribution in [0.15, 0.2) is 73.1 Å². The Hall–Kier alpha value is -4.99. The van der Waals surface area contributed by atoms with Crippen molar-refractivity contribution in [3.63, 3.8) is 0 Å². The van der Waals surface area contributed by atoms with Crippen LogP contribution in [0.5, 0.6) is 0 Å². The molecule has 1 aromatic heterocycles. The minimum Gasteiger partial charge on any atom is -0.355 e. The van der Waals surface area contributed by atoms with Crippen molar-refractivity contribution in [2.24, 2.45) is 0 Å². The van der Waals surface area contributed by atoms with Crippen LogP contribution in [0.25, 0.3) is 11.1 Å². The van der Waals surface area contributed by atoms with Crippen LogP contribution in [0.3, 0.4) is 0 Å². The van der Waals surface area contributed by atoms with Crippen LogP contribution in [0.1, 0.15) is 22.8 Å². The van der Waals surface area contributed by atoms with Crippen LogP contribution >= 0.6 is 0 Å². The first kappa shape index (κ1) is 24.7. The second-order valence-corrected chi connectivity index (χ2v) is 8.83. The van der Waals surface area contributed by atoms with Gasteiger partial charge in [0.15, 0.2) is 0 Å². The normalized spacial score (nSPS) is 15.4. The molecule has 3 aromatic rings. The van der Waals surface area contributed by atoms with Crippen LogP contribution in [-0.2, 0) is 11.2 Å². The van der Waals surface area contributed by atoms with Crippen molar-refractivity contribution < 1.29 is 19.2 Å². The molecule has 0 atom stereocenters. The second-order valence-electron chi connectivity index (χ2n) is 8.83. The molecule has 3 heterocycles. The summed E-state index contributed by atoms with van der Waals surface area (Å²) in [6, 6.07) is 15.2. The number of carbonyl (C=O) groups excluding carboxylic acids is 4. The lowest BCUT2D eigenvalue weighted by Crippen LogP contribution is -2.33. The molecule has 10 heteroatoms. The summed E-state index contributed by atoms with van der Waals surface area (Å²) in [6.07, 6.45) is 2.30. The van der Waals surface area contributed by atoms with Gasteiger partial charge in [0.2, 0.25) is 0 Å². The first-order chi connectivity index (χ1) is 18.3. The lowest BCUT2D eigenvalue weighted by molar-refractivity contribution is -0.113. The number of anilines is 3. The van der Waals surface area contributed by atoms with Crippen molar-refractivity contribution in [3.05, 3.63) is 84.2 Å². The Labute approximate surface area is 219 Å². The molecule has 0 saturated carbocycles. The molecule has 2 aliphatic heterocycles. The fraction of sp³-hybridized carbons (Fsp3) is 0.179. The molecule has 6 amide bonds. The molecular formula is C28H26N6O4. The van der Waals surface area contributed by atoms with E-state index >= 15 is 0 Å². The third kappa shape index (κ3) is 4.15. The largest absolute Gasteiger partial charge is 0.355 e. The average Bonchev–Trinajstić information content (AvgIpc) is 3.45. The molecule has 2 aliphatic rings. The maximum absolute atomic E-state index is 13.5. The van der Waals surface area contributed by atoms with Gasteiger partial charge in [-0.2, -0.15) is 0 Å². The Morgan fingerprint density at radius 2 is 1.76 bits per heavy atom. The smallest absolute Gasteiger partial charge is 0.333 e. The number of benzene rings is 2. The first-order valence-corrected chi connectivity index (χ1v) is 12.2. The van der Waals surface area contributed by atoms with Gasteiger partial charge in [0, 0.05) is 43.1 Å². The van der Waals surface area contributed by atoms with Gasteiger partial charge in [-0.15, -0.1) is 0 Å². The van der Waals surface area contributed by atoms with Gasteiger partial charge in [-0.1, -0.05) is 31.7 Å². The number of pyridine rings is 1. The highest BCUT2D eigenvalue weighted by Gasteiger charge is 2.35. The molecule has 192 valence electrons. The van der Waals surface area contributed by atoms with Gasteiger partial charge in [-0.05, 0) is 53.9 Å². The summed E-state index contributed by atoms with van der Waals surface area (Å²) < 4.78 is 0. The lowest BCUT2D eigenvalue weighted by atomic mass is 9.98. The summed E-state index contributed by atoms with van der Waals surface area (Å²) >= 11 is 0. The summed E-state index contributed by atoms with van der Waals surface area (Å²) in [5, 5.41) is 5.02. The fourth-order valence-electron chi connectivity index (χ4n) is 4.76. The zero-order chi connectivity index (χ0) is 27.0. The van der Waals surface area contributed by atoms with Crippen molar-refractivity contribution in [2.45, 2.75) is 13.3 Å². The maximum atomic E-state index is 13.5. The van der Waals surface area contributed by atoms with E-state index in [-0.39, 0.29) is 17.6 Å². The van der Waals surface area contributed by atoms with Crippen molar-refractivity contribution in [3.8, 4) is 11.1 Å². The number of urea groups is 2. The first-order valence-electron chi connectivity index (χ1n) is 12.2. The summed E-state index contributed by atoms with van der Waals surface area (Å²) in [4.78, 5) is 58.8. The Balaban J connectivity index is 1.43. The molecular weight excluding hydrogens is 484 g/mol. The molecule has 0 bridgehead atoms. The molecule has 0 radical (unpaired) electrons. The predicted octanol–water partition coefficient (Wildman–Crippen LogP) is 3.69. The van der Waals surface area contributed by atoms with E-state index in [4.69, 9.17) is 0 Å². The Morgan fingerprint density at radius 3 is 2.42 bits per heavy atom. The van der Waals surface area contributed by atoms with Gasteiger partial charge >= 0.3 is 12.1 Å². The number of nitrogens with one attached hydrogen (secondary N) is 2. The third-order valence-corrected chi connectivity index (χ3v) is 6.66. The number of carbonyl (C=O) groups is 4. The van der Waals surface area contributed by atoms with E-state index in [1.165, 1.54) is 0 Å². The number of amides is 6. The highest BCUT2D eigenvalue weighted by atomic mass is 16.2. The minimum absolute atomic E-state index is 0.0378. The van der Waals surface area contributed by atoms with Crippen LogP contribution in [0, 0.1) is 0 Å². The van der Waals surface area contributed by atoms with E-state index in [1.54, 1.807) is 59.4 Å². The average molecular weight is 511 g/mol. The highest BCUT2D eigenvalue weighted by Crippen LogP contribution is 2.34. The molecule has 2 saturated heterocycles. The molecule has 2 aromatic carbocycles. The fourth-order valence-corrected chi connectivity index (χ4v) is 4.76. The van der Waals surface area contributed by atoms with E-state index in [0.29, 0.717) is 42.3 Å². The van der Waals surface area contributed by atoms with Gasteiger partial charge in [-0.25, -0.2) is 19.5 Å². The standard InChI is InChI=1S/C28H26N6O4/c1-4-22-23(18-8-10-20(11-9-18)34-26(36)17(2)31-27(34)37)12-13-30-24(22)33-15-14-32(28(33)38)21-7-5-6-19(16-21)25(35)29-3/h5-13,16H,2,4,14-15H2,1,3H3,(H,29,35)(H,31,37). The molecule has 2 fully saturated rings. The topological polar surface area (TPSA) is 115 Å². The molecule has 10 nitrogen and oxygen atoms in total. The summed E-state index contributed by atoms with van der Waals surface area (Å²) in [6.45, 7) is 6.46. The van der Waals surface area contributed by atoms with Gasteiger partial charge in [0.1, 0.15) is 11.5 Å². The van der Waals surface area contributed by atoms with E-state index < -0.39 is 11.9 Å². The SMILES string of the molecule is C=C1NC(=O)N(c2ccc(-c3ccnc(N4CCN(c5cccc(C(=O)NC)c5)C4=O)c3CC)cc2)C1=O. The van der Waals surface area contributed by atoms with Crippen LogP contribution < -0.4 is 25.3 Å². The summed E-state index contributed by atoms with van der Waals surface area (Å²) in [7, 11) is 1.57. The molecule has 0 aliphatic carbocycles. The van der Waals surface area contributed by atoms with Gasteiger partial charge in [-0.3, -0.25) is 19.4 Å². The zero-order valence-corrected chi connectivity index (χ0v) is 21.0. The Kier molecular flexibility index (Phi) is 6.38. The van der Waals surface area contributed by atoms with Crippen molar-refractivity contribution in [1.29, 1.82) is 0 Å². The summed E-state index contributed by atoms with van der Waals surface area (Å²) in [5.41, 5.74) is 4.26. The Morgan fingerprint density at radius 1 is 1.03 bits per heavy atom. The van der Waals surface area contributed by atoms with Crippen LogP contribution in [0.2, 0.25) is 0 Å². The molecule has 5 rings (SSSR count). The quantitative estimate of drug-likeness (QED) is 0.388. The van der Waals surface area contributed by atoms with E-state index in [0.717, 1.165) is 21.6 Å². The zero-order valence-electron chi connectivity index (χ0n) is 21.0. The number of nitrogens with zero attached hydrogens (tertiary/aromatic N) is 4. The minimum atomic E-state index is -0.536. The molecule has 2 N–H and O–H groups in total. The van der Waals surface area contributed by atoms with Crippen molar-refractivity contribution in [1.82, 2.24) is 15.6 Å². The molecule has 0 spiro atoms. The second kappa shape index (κ2) is 9.81. The number of hydrogen-bond donors (Lipinski definition) is 2. The third-order valence-electron chi connectivity index (χ3n) is 6.66. The maximum Gasteiger partial charge on any atom is 0.333 e. The van der Waals surface area contributed by atoms with Crippen LogP contribution in [0.4, 0.5) is 26.8 Å². The van der Waals surface area contributed by atoms with Gasteiger partial charge in [0.05, 0.1) is 5.69 Å². The van der Waals surface area contributed by atoms with Crippen LogP contribution in [-0.4, -0.2) is 49.0 Å². The van der Waals surface area contributed by atoms with Crippen molar-refractivity contribution in [2.75, 3.05) is 34.8 Å². The van der Waals surface area contributed by atoms with E-state index in [1.807, 2.05) is 25.1 Å². The highest BCUT2D eigenvalue weighted by molar-refractivity contribution is 6.26. The van der Waals surface area contributed by atoms with Gasteiger partial charge < -0.3 is 10.6 Å².